The van der Waals surface area contributed by atoms with Crippen molar-refractivity contribution in [2.24, 2.45) is 0 Å². The van der Waals surface area contributed by atoms with E-state index in [4.69, 9.17) is 9.72 Å². The molecule has 5 nitrogen and oxygen atoms in total. The number of hydrogen-bond donors (Lipinski definition) is 0. The van der Waals surface area contributed by atoms with Crippen molar-refractivity contribution < 1.29 is 9.53 Å². The number of benzene rings is 2. The Kier molecular flexibility index (Phi) is 6.99. The summed E-state index contributed by atoms with van der Waals surface area (Å²) in [4.78, 5) is 22.3. The number of hydrogen-bond acceptors (Lipinski definition) is 5. The topological polar surface area (TPSA) is 45.7 Å². The molecular formula is C25H29N3O2S. The van der Waals surface area contributed by atoms with Crippen LogP contribution in [0.3, 0.4) is 0 Å². The molecule has 1 unspecified atom stereocenters. The van der Waals surface area contributed by atoms with Crippen LogP contribution in [0.2, 0.25) is 0 Å². The largest absolute Gasteiger partial charge is 0.497 e. The highest BCUT2D eigenvalue weighted by Crippen LogP contribution is 2.27. The van der Waals surface area contributed by atoms with Crippen molar-refractivity contribution in [3.05, 3.63) is 71.2 Å². The lowest BCUT2D eigenvalue weighted by atomic mass is 9.95. The van der Waals surface area contributed by atoms with Crippen LogP contribution in [0.25, 0.3) is 10.6 Å². The first kappa shape index (κ1) is 21.5. The van der Waals surface area contributed by atoms with E-state index in [-0.39, 0.29) is 11.8 Å². The molecule has 0 radical (unpaired) electrons. The maximum Gasteiger partial charge on any atom is 0.230 e. The van der Waals surface area contributed by atoms with Gasteiger partial charge in [0.25, 0.3) is 0 Å². The van der Waals surface area contributed by atoms with Crippen molar-refractivity contribution in [2.45, 2.75) is 25.8 Å². The molecule has 1 amide bonds. The second kappa shape index (κ2) is 10.1. The standard InChI is InChI=1S/C25H29N3O2S/c1-3-23(19-7-5-4-6-8-19)25(29)28-15-13-27(14-16-28)17-21-18-31-24(26-21)20-9-11-22(30-2)12-10-20/h4-12,18,23H,3,13-17H2,1-2H3. The van der Waals surface area contributed by atoms with Crippen molar-refractivity contribution in [1.82, 2.24) is 14.8 Å². The maximum atomic E-state index is 13.1. The summed E-state index contributed by atoms with van der Waals surface area (Å²) in [5.41, 5.74) is 3.32. The average molecular weight is 436 g/mol. The second-order valence-electron chi connectivity index (χ2n) is 7.85. The number of rotatable bonds is 7. The molecule has 3 aromatic rings. The Labute approximate surface area is 188 Å². The zero-order chi connectivity index (χ0) is 21.6. The molecule has 1 fully saturated rings. The number of ether oxygens (including phenoxy) is 1. The van der Waals surface area contributed by atoms with Crippen LogP contribution in [0.4, 0.5) is 0 Å². The van der Waals surface area contributed by atoms with E-state index in [2.05, 4.69) is 29.3 Å². The van der Waals surface area contributed by atoms with E-state index in [0.717, 1.165) is 66.7 Å². The zero-order valence-corrected chi connectivity index (χ0v) is 19.0. The molecule has 0 N–H and O–H groups in total. The summed E-state index contributed by atoms with van der Waals surface area (Å²) in [6, 6.07) is 18.2. The zero-order valence-electron chi connectivity index (χ0n) is 18.2. The summed E-state index contributed by atoms with van der Waals surface area (Å²) in [6.07, 6.45) is 0.829. The van der Waals surface area contributed by atoms with Gasteiger partial charge in [-0.1, -0.05) is 37.3 Å². The molecule has 6 heteroatoms. The lowest BCUT2D eigenvalue weighted by molar-refractivity contribution is -0.134. The average Bonchev–Trinajstić information content (AvgIpc) is 3.29. The minimum atomic E-state index is -0.0432. The first-order valence-electron chi connectivity index (χ1n) is 10.8. The minimum Gasteiger partial charge on any atom is -0.497 e. The van der Waals surface area contributed by atoms with Crippen LogP contribution >= 0.6 is 11.3 Å². The Balaban J connectivity index is 1.32. The summed E-state index contributed by atoms with van der Waals surface area (Å²) in [6.45, 7) is 6.23. The molecule has 1 aliphatic rings. The predicted molar refractivity (Wildman–Crippen MR) is 125 cm³/mol. The number of amides is 1. The molecule has 2 aromatic carbocycles. The summed E-state index contributed by atoms with van der Waals surface area (Å²) < 4.78 is 5.23. The van der Waals surface area contributed by atoms with Gasteiger partial charge in [-0.3, -0.25) is 9.69 Å². The molecule has 0 saturated carbocycles. The van der Waals surface area contributed by atoms with Crippen LogP contribution in [0.5, 0.6) is 5.75 Å². The molecule has 0 spiro atoms. The smallest absolute Gasteiger partial charge is 0.230 e. The Hall–Kier alpha value is -2.70. The van der Waals surface area contributed by atoms with Gasteiger partial charge in [0.15, 0.2) is 0 Å². The van der Waals surface area contributed by atoms with Gasteiger partial charge in [-0.15, -0.1) is 11.3 Å². The molecule has 1 aliphatic heterocycles. The number of aromatic nitrogens is 1. The fourth-order valence-corrected chi connectivity index (χ4v) is 4.88. The van der Waals surface area contributed by atoms with Crippen LogP contribution in [0.15, 0.2) is 60.0 Å². The van der Waals surface area contributed by atoms with Gasteiger partial charge in [-0.2, -0.15) is 0 Å². The number of thiazole rings is 1. The Morgan fingerprint density at radius 2 is 1.77 bits per heavy atom. The third-order valence-corrected chi connectivity index (χ3v) is 6.81. The van der Waals surface area contributed by atoms with Crippen molar-refractivity contribution in [3.63, 3.8) is 0 Å². The quantitative estimate of drug-likeness (QED) is 0.542. The van der Waals surface area contributed by atoms with Gasteiger partial charge in [-0.05, 0) is 36.2 Å². The Morgan fingerprint density at radius 3 is 2.42 bits per heavy atom. The molecule has 162 valence electrons. The Morgan fingerprint density at radius 1 is 1.06 bits per heavy atom. The van der Waals surface area contributed by atoms with E-state index in [0.29, 0.717) is 0 Å². The van der Waals surface area contributed by atoms with E-state index in [9.17, 15) is 4.79 Å². The fourth-order valence-electron chi connectivity index (χ4n) is 4.06. The van der Waals surface area contributed by atoms with Gasteiger partial charge < -0.3 is 9.64 Å². The molecule has 1 saturated heterocycles. The number of methoxy groups -OCH3 is 1. The van der Waals surface area contributed by atoms with Crippen LogP contribution < -0.4 is 4.74 Å². The fraction of sp³-hybridized carbons (Fsp3) is 0.360. The SMILES string of the molecule is CCC(C(=O)N1CCN(Cc2csc(-c3ccc(OC)cc3)n2)CC1)c1ccccc1. The van der Waals surface area contributed by atoms with E-state index in [1.165, 1.54) is 0 Å². The molecule has 2 heterocycles. The number of nitrogens with zero attached hydrogens (tertiary/aromatic N) is 3. The molecule has 0 aliphatic carbocycles. The van der Waals surface area contributed by atoms with Crippen molar-refractivity contribution >= 4 is 17.2 Å². The normalized spacial score (nSPS) is 15.6. The summed E-state index contributed by atoms with van der Waals surface area (Å²) in [5, 5.41) is 3.17. The molecule has 4 rings (SSSR count). The maximum absolute atomic E-state index is 13.1. The van der Waals surface area contributed by atoms with E-state index >= 15 is 0 Å². The van der Waals surface area contributed by atoms with Gasteiger partial charge in [0.05, 0.1) is 18.7 Å². The molecule has 1 aromatic heterocycles. The van der Waals surface area contributed by atoms with E-state index in [1.54, 1.807) is 18.4 Å². The number of piperazine rings is 1. The second-order valence-corrected chi connectivity index (χ2v) is 8.70. The van der Waals surface area contributed by atoms with Gasteiger partial charge in [-0.25, -0.2) is 4.98 Å². The summed E-state index contributed by atoms with van der Waals surface area (Å²) >= 11 is 1.67. The number of carbonyl (C=O) groups is 1. The lowest BCUT2D eigenvalue weighted by Crippen LogP contribution is -2.49. The highest BCUT2D eigenvalue weighted by atomic mass is 32.1. The molecular weight excluding hydrogens is 406 g/mol. The van der Waals surface area contributed by atoms with Gasteiger partial charge in [0.1, 0.15) is 10.8 Å². The van der Waals surface area contributed by atoms with Crippen LogP contribution in [0, 0.1) is 0 Å². The van der Waals surface area contributed by atoms with Crippen molar-refractivity contribution in [3.8, 4) is 16.3 Å². The highest BCUT2D eigenvalue weighted by molar-refractivity contribution is 7.13. The van der Waals surface area contributed by atoms with Gasteiger partial charge >= 0.3 is 0 Å². The molecule has 31 heavy (non-hydrogen) atoms. The third kappa shape index (κ3) is 5.14. The van der Waals surface area contributed by atoms with E-state index < -0.39 is 0 Å². The van der Waals surface area contributed by atoms with Gasteiger partial charge in [0.2, 0.25) is 5.91 Å². The predicted octanol–water partition coefficient (Wildman–Crippen LogP) is 4.66. The van der Waals surface area contributed by atoms with Gasteiger partial charge in [0, 0.05) is 43.7 Å². The highest BCUT2D eigenvalue weighted by Gasteiger charge is 2.27. The molecule has 0 bridgehead atoms. The first-order valence-corrected chi connectivity index (χ1v) is 11.7. The molecule has 1 atom stereocenters. The van der Waals surface area contributed by atoms with Crippen LogP contribution in [-0.2, 0) is 11.3 Å². The third-order valence-electron chi connectivity index (χ3n) is 5.87. The Bertz CT molecular complexity index is 980. The minimum absolute atomic E-state index is 0.0432. The van der Waals surface area contributed by atoms with Crippen molar-refractivity contribution in [1.29, 1.82) is 0 Å². The van der Waals surface area contributed by atoms with Crippen molar-refractivity contribution in [2.75, 3.05) is 33.3 Å². The van der Waals surface area contributed by atoms with E-state index in [1.807, 2.05) is 47.4 Å². The lowest BCUT2D eigenvalue weighted by Gasteiger charge is -2.36. The number of carbonyl (C=O) groups excluding carboxylic acids is 1. The monoisotopic (exact) mass is 435 g/mol. The first-order chi connectivity index (χ1) is 15.2. The summed E-state index contributed by atoms with van der Waals surface area (Å²) in [7, 11) is 1.67. The van der Waals surface area contributed by atoms with Crippen LogP contribution in [-0.4, -0.2) is 54.0 Å². The van der Waals surface area contributed by atoms with Crippen LogP contribution in [0.1, 0.15) is 30.5 Å². The summed E-state index contributed by atoms with van der Waals surface area (Å²) in [5.74, 6) is 1.06.